The highest BCUT2D eigenvalue weighted by Crippen LogP contribution is 2.37. The number of hydrogen-bond acceptors (Lipinski definition) is 3. The molecular weight excluding hydrogens is 356 g/mol. The van der Waals surface area contributed by atoms with Crippen molar-refractivity contribution in [1.82, 2.24) is 4.90 Å². The summed E-state index contributed by atoms with van der Waals surface area (Å²) in [5, 5.41) is 0. The molecule has 3 aliphatic rings. The van der Waals surface area contributed by atoms with E-state index in [1.807, 2.05) is 12.1 Å². The van der Waals surface area contributed by atoms with Crippen LogP contribution in [0.25, 0.3) is 0 Å². The zero-order valence-electron chi connectivity index (χ0n) is 13.1. The molecule has 1 aromatic carbocycles. The van der Waals surface area contributed by atoms with Gasteiger partial charge in [0.15, 0.2) is 0 Å². The van der Waals surface area contributed by atoms with Gasteiger partial charge in [0, 0.05) is 17.1 Å². The Labute approximate surface area is 145 Å². The first kappa shape index (κ1) is 15.3. The van der Waals surface area contributed by atoms with Gasteiger partial charge in [-0.3, -0.25) is 19.4 Å². The third kappa shape index (κ3) is 2.64. The van der Waals surface area contributed by atoms with E-state index in [0.29, 0.717) is 18.3 Å². The van der Waals surface area contributed by atoms with Gasteiger partial charge in [-0.1, -0.05) is 28.8 Å². The smallest absolute Gasteiger partial charge is 0.291 e. The zero-order chi connectivity index (χ0) is 16.0. The van der Waals surface area contributed by atoms with Crippen molar-refractivity contribution in [1.29, 1.82) is 0 Å². The van der Waals surface area contributed by atoms with Gasteiger partial charge in [0.1, 0.15) is 0 Å². The first-order valence-corrected chi connectivity index (χ1v) is 9.34. The third-order valence-electron chi connectivity index (χ3n) is 5.61. The molecular formula is C18H21BrN2O2. The number of ketones is 1. The van der Waals surface area contributed by atoms with E-state index < -0.39 is 0 Å². The van der Waals surface area contributed by atoms with Crippen LogP contribution in [-0.4, -0.2) is 35.8 Å². The topological polar surface area (TPSA) is 40.6 Å². The van der Waals surface area contributed by atoms with Crippen molar-refractivity contribution in [2.75, 3.05) is 18.1 Å². The first-order valence-electron chi connectivity index (χ1n) is 8.55. The molecule has 1 aliphatic carbocycles. The molecule has 0 N–H and O–H groups in total. The van der Waals surface area contributed by atoms with Gasteiger partial charge in [-0.2, -0.15) is 0 Å². The van der Waals surface area contributed by atoms with Crippen molar-refractivity contribution in [2.45, 2.75) is 44.6 Å². The van der Waals surface area contributed by atoms with Crippen molar-refractivity contribution in [2.24, 2.45) is 5.92 Å². The minimum Gasteiger partial charge on any atom is -0.291 e. The fraction of sp³-hybridized carbons (Fsp3) is 0.556. The summed E-state index contributed by atoms with van der Waals surface area (Å²) in [6.07, 6.45) is 7.69. The Bertz CT molecular complexity index is 658. The maximum atomic E-state index is 12.4. The van der Waals surface area contributed by atoms with E-state index in [2.05, 4.69) is 20.8 Å². The third-order valence-corrected chi connectivity index (χ3v) is 6.11. The number of hydrogen-bond donors (Lipinski definition) is 0. The number of carbonyl (C=O) groups excluding carboxylic acids is 2. The molecule has 1 saturated heterocycles. The van der Waals surface area contributed by atoms with Crippen LogP contribution in [0.3, 0.4) is 0 Å². The van der Waals surface area contributed by atoms with Crippen molar-refractivity contribution in [3.05, 3.63) is 28.2 Å². The first-order chi connectivity index (χ1) is 11.1. The van der Waals surface area contributed by atoms with Crippen LogP contribution in [0.4, 0.5) is 5.69 Å². The highest BCUT2D eigenvalue weighted by Gasteiger charge is 2.40. The number of Topliss-reactive ketones (excluding diaryl/α,β-unsaturated/α-hetero) is 1. The van der Waals surface area contributed by atoms with Crippen LogP contribution < -0.4 is 4.90 Å². The van der Waals surface area contributed by atoms with Crippen LogP contribution in [0.15, 0.2) is 22.7 Å². The average molecular weight is 377 g/mol. The maximum absolute atomic E-state index is 12.4. The Balaban J connectivity index is 1.59. The summed E-state index contributed by atoms with van der Waals surface area (Å²) in [6.45, 7) is 1.59. The van der Waals surface area contributed by atoms with Crippen LogP contribution in [0.2, 0.25) is 0 Å². The molecule has 5 heteroatoms. The molecule has 4 nitrogen and oxygen atoms in total. The van der Waals surface area contributed by atoms with Gasteiger partial charge in [0.2, 0.25) is 0 Å². The Kier molecular flexibility index (Phi) is 4.01. The number of anilines is 1. The second-order valence-corrected chi connectivity index (χ2v) is 7.85. The Morgan fingerprint density at radius 1 is 1.09 bits per heavy atom. The standard InChI is InChI=1S/C18H21BrN2O2/c19-13-7-8-16-14(10-13)17(22)18(23)21(16)11-20-9-3-5-12-4-1-2-6-15(12)20/h7-8,10,12,15H,1-6,9,11H2/t12-,15+/m1/s1. The van der Waals surface area contributed by atoms with Gasteiger partial charge in [0.25, 0.3) is 5.78 Å². The number of amides is 1. The largest absolute Gasteiger partial charge is 0.300 e. The zero-order valence-corrected chi connectivity index (χ0v) is 14.7. The number of benzene rings is 1. The highest BCUT2D eigenvalue weighted by molar-refractivity contribution is 9.10. The van der Waals surface area contributed by atoms with Gasteiger partial charge >= 0.3 is 5.91 Å². The monoisotopic (exact) mass is 376 g/mol. The van der Waals surface area contributed by atoms with E-state index in [-0.39, 0.29) is 11.7 Å². The minimum atomic E-state index is -0.379. The maximum Gasteiger partial charge on any atom is 0.300 e. The number of carbonyl (C=O) groups is 2. The van der Waals surface area contributed by atoms with Gasteiger partial charge in [-0.25, -0.2) is 0 Å². The summed E-state index contributed by atoms with van der Waals surface area (Å²) in [4.78, 5) is 28.8. The normalized spacial score (nSPS) is 28.0. The molecule has 0 unspecified atom stereocenters. The number of rotatable bonds is 2. The van der Waals surface area contributed by atoms with Crippen LogP contribution in [0, 0.1) is 5.92 Å². The van der Waals surface area contributed by atoms with Crippen molar-refractivity contribution in [3.8, 4) is 0 Å². The molecule has 0 bridgehead atoms. The molecule has 2 aliphatic heterocycles. The Hall–Kier alpha value is -1.20. The second kappa shape index (κ2) is 6.02. The van der Waals surface area contributed by atoms with E-state index in [9.17, 15) is 9.59 Å². The number of piperidine rings is 1. The average Bonchev–Trinajstić information content (AvgIpc) is 2.80. The molecule has 1 saturated carbocycles. The van der Waals surface area contributed by atoms with Crippen molar-refractivity contribution < 1.29 is 9.59 Å². The number of likely N-dealkylation sites (tertiary alicyclic amines) is 1. The fourth-order valence-corrected chi connectivity index (χ4v) is 4.86. The van der Waals surface area contributed by atoms with E-state index in [1.165, 1.54) is 38.5 Å². The number of nitrogens with zero attached hydrogens (tertiary/aromatic N) is 2. The quantitative estimate of drug-likeness (QED) is 0.740. The van der Waals surface area contributed by atoms with Crippen molar-refractivity contribution in [3.63, 3.8) is 0 Å². The molecule has 1 amide bonds. The van der Waals surface area contributed by atoms with E-state index in [1.54, 1.807) is 11.0 Å². The lowest BCUT2D eigenvalue weighted by Crippen LogP contribution is -2.52. The van der Waals surface area contributed by atoms with Crippen LogP contribution in [0.1, 0.15) is 48.9 Å². The molecule has 4 rings (SSSR count). The SMILES string of the molecule is O=C1C(=O)N(CN2CCC[C@H]3CCCC[C@@H]32)c2ccc(Br)cc21. The van der Waals surface area contributed by atoms with E-state index in [4.69, 9.17) is 0 Å². The Morgan fingerprint density at radius 3 is 2.74 bits per heavy atom. The summed E-state index contributed by atoms with van der Waals surface area (Å²) >= 11 is 3.38. The summed E-state index contributed by atoms with van der Waals surface area (Å²) in [7, 11) is 0. The van der Waals surface area contributed by atoms with Gasteiger partial charge in [0.05, 0.1) is 17.9 Å². The molecule has 0 spiro atoms. The highest BCUT2D eigenvalue weighted by atomic mass is 79.9. The number of fused-ring (bicyclic) bond motifs is 2. The molecule has 1 aromatic rings. The minimum absolute atomic E-state index is 0.376. The lowest BCUT2D eigenvalue weighted by molar-refractivity contribution is -0.115. The fourth-order valence-electron chi connectivity index (χ4n) is 4.50. The Morgan fingerprint density at radius 2 is 1.87 bits per heavy atom. The molecule has 2 heterocycles. The summed E-state index contributed by atoms with van der Waals surface area (Å²) in [5.74, 6) is 0.0184. The van der Waals surface area contributed by atoms with Gasteiger partial charge in [-0.15, -0.1) is 0 Å². The molecule has 2 atom stereocenters. The van der Waals surface area contributed by atoms with Crippen LogP contribution in [-0.2, 0) is 4.79 Å². The molecule has 23 heavy (non-hydrogen) atoms. The van der Waals surface area contributed by atoms with E-state index >= 15 is 0 Å². The molecule has 2 fully saturated rings. The summed E-state index contributed by atoms with van der Waals surface area (Å²) in [6, 6.07) is 6.12. The summed E-state index contributed by atoms with van der Waals surface area (Å²) in [5.41, 5.74) is 1.29. The molecule has 0 radical (unpaired) electrons. The van der Waals surface area contributed by atoms with Gasteiger partial charge in [-0.05, 0) is 49.8 Å². The predicted octanol–water partition coefficient (Wildman–Crippen LogP) is 3.59. The second-order valence-electron chi connectivity index (χ2n) is 6.93. The lowest BCUT2D eigenvalue weighted by atomic mass is 9.78. The van der Waals surface area contributed by atoms with Crippen molar-refractivity contribution >= 4 is 33.3 Å². The molecule has 122 valence electrons. The van der Waals surface area contributed by atoms with Gasteiger partial charge < -0.3 is 0 Å². The van der Waals surface area contributed by atoms with Crippen LogP contribution >= 0.6 is 15.9 Å². The number of halogens is 1. The lowest BCUT2D eigenvalue weighted by Gasteiger charge is -2.45. The van der Waals surface area contributed by atoms with E-state index in [0.717, 1.165) is 22.6 Å². The predicted molar refractivity (Wildman–Crippen MR) is 92.5 cm³/mol. The summed E-state index contributed by atoms with van der Waals surface area (Å²) < 4.78 is 0.838. The molecule has 0 aromatic heterocycles. The van der Waals surface area contributed by atoms with Crippen LogP contribution in [0.5, 0.6) is 0 Å².